The summed E-state index contributed by atoms with van der Waals surface area (Å²) in [7, 11) is 1.60. The van der Waals surface area contributed by atoms with Crippen molar-refractivity contribution in [2.24, 2.45) is 0 Å². The molecule has 4 aromatic rings. The molecule has 0 saturated heterocycles. The summed E-state index contributed by atoms with van der Waals surface area (Å²) in [4.78, 5) is 26.4. The highest BCUT2D eigenvalue weighted by atomic mass is 79.9. The van der Waals surface area contributed by atoms with Crippen molar-refractivity contribution >= 4 is 21.8 Å². The first kappa shape index (κ1) is 22.0. The molecule has 0 unspecified atom stereocenters. The largest absolute Gasteiger partial charge is 0.497 e. The quantitative estimate of drug-likeness (QED) is 0.360. The Morgan fingerprint density at radius 2 is 1.91 bits per heavy atom. The first-order chi connectivity index (χ1) is 16.5. The average Bonchev–Trinajstić information content (AvgIpc) is 3.12. The van der Waals surface area contributed by atoms with E-state index in [4.69, 9.17) is 9.47 Å². The predicted molar refractivity (Wildman–Crippen MR) is 132 cm³/mol. The van der Waals surface area contributed by atoms with E-state index in [9.17, 15) is 9.59 Å². The number of ether oxygens (including phenoxy) is 2. The SMILES string of the molecule is COc1cccc(CNC(=O)Cn2c3c(c(=O)n2-c2ccccc2)Cc2cc(Br)ccc2O3)c1. The van der Waals surface area contributed by atoms with Gasteiger partial charge in [0, 0.05) is 23.0 Å². The minimum atomic E-state index is -0.240. The topological polar surface area (TPSA) is 74.5 Å². The molecule has 1 N–H and O–H groups in total. The summed E-state index contributed by atoms with van der Waals surface area (Å²) in [5.41, 5.74) is 2.82. The molecule has 34 heavy (non-hydrogen) atoms. The van der Waals surface area contributed by atoms with E-state index in [0.717, 1.165) is 21.3 Å². The van der Waals surface area contributed by atoms with Crippen molar-refractivity contribution in [3.8, 4) is 23.1 Å². The van der Waals surface area contributed by atoms with E-state index in [-0.39, 0.29) is 18.0 Å². The Hall–Kier alpha value is -3.78. The lowest BCUT2D eigenvalue weighted by Gasteiger charge is -2.20. The van der Waals surface area contributed by atoms with Crippen LogP contribution < -0.4 is 20.3 Å². The fourth-order valence-corrected chi connectivity index (χ4v) is 4.47. The van der Waals surface area contributed by atoms with E-state index in [1.54, 1.807) is 11.8 Å². The van der Waals surface area contributed by atoms with Crippen LogP contribution in [0.1, 0.15) is 16.7 Å². The summed E-state index contributed by atoms with van der Waals surface area (Å²) in [6, 6.07) is 22.5. The van der Waals surface area contributed by atoms with Crippen LogP contribution in [0, 0.1) is 0 Å². The van der Waals surface area contributed by atoms with Crippen molar-refractivity contribution in [2.45, 2.75) is 19.5 Å². The van der Waals surface area contributed by atoms with Gasteiger partial charge in [-0.05, 0) is 48.0 Å². The van der Waals surface area contributed by atoms with Crippen molar-refractivity contribution in [1.29, 1.82) is 0 Å². The zero-order chi connectivity index (χ0) is 23.7. The summed E-state index contributed by atoms with van der Waals surface area (Å²) in [5.74, 6) is 1.55. The highest BCUT2D eigenvalue weighted by Gasteiger charge is 2.29. The monoisotopic (exact) mass is 519 g/mol. The number of halogens is 1. The number of para-hydroxylation sites is 1. The van der Waals surface area contributed by atoms with E-state index >= 15 is 0 Å². The van der Waals surface area contributed by atoms with Crippen molar-refractivity contribution in [2.75, 3.05) is 7.11 Å². The molecule has 3 aromatic carbocycles. The molecule has 0 saturated carbocycles. The standard InChI is InChI=1S/C26H22BrN3O4/c1-33-21-9-5-6-17(12-21)15-28-24(31)16-29-26-22(14-18-13-19(27)10-11-23(18)34-26)25(32)30(29)20-7-3-2-4-8-20/h2-13H,14-16H2,1H3,(H,28,31). The van der Waals surface area contributed by atoms with Crippen molar-refractivity contribution in [3.05, 3.63) is 104 Å². The minimum absolute atomic E-state index is 0.0741. The Labute approximate surface area is 204 Å². The maximum atomic E-state index is 13.5. The van der Waals surface area contributed by atoms with Gasteiger partial charge >= 0.3 is 0 Å². The Morgan fingerprint density at radius 3 is 2.71 bits per heavy atom. The Morgan fingerprint density at radius 1 is 1.09 bits per heavy atom. The minimum Gasteiger partial charge on any atom is -0.497 e. The molecule has 1 aromatic heterocycles. The number of amides is 1. The molecule has 0 aliphatic carbocycles. The molecular formula is C26H22BrN3O4. The normalized spacial score (nSPS) is 11.8. The highest BCUT2D eigenvalue weighted by molar-refractivity contribution is 9.10. The number of methoxy groups -OCH3 is 1. The van der Waals surface area contributed by atoms with E-state index in [1.165, 1.54) is 4.68 Å². The molecule has 0 bridgehead atoms. The molecule has 1 aliphatic rings. The zero-order valence-corrected chi connectivity index (χ0v) is 20.0. The van der Waals surface area contributed by atoms with E-state index < -0.39 is 0 Å². The van der Waals surface area contributed by atoms with Gasteiger partial charge in [-0.3, -0.25) is 9.59 Å². The van der Waals surface area contributed by atoms with Crippen molar-refractivity contribution < 1.29 is 14.3 Å². The molecule has 172 valence electrons. The molecule has 1 aliphatic heterocycles. The zero-order valence-electron chi connectivity index (χ0n) is 18.5. The molecular weight excluding hydrogens is 498 g/mol. The summed E-state index contributed by atoms with van der Waals surface area (Å²) < 4.78 is 15.4. The van der Waals surface area contributed by atoms with Gasteiger partial charge in [-0.2, -0.15) is 0 Å². The van der Waals surface area contributed by atoms with Crippen LogP contribution in [-0.2, 0) is 24.3 Å². The molecule has 5 rings (SSSR count). The van der Waals surface area contributed by atoms with Crippen LogP contribution in [0.15, 0.2) is 82.1 Å². The van der Waals surface area contributed by atoms with Gasteiger partial charge in [-0.15, -0.1) is 0 Å². The van der Waals surface area contributed by atoms with Crippen LogP contribution in [0.5, 0.6) is 17.4 Å². The fourth-order valence-electron chi connectivity index (χ4n) is 4.06. The van der Waals surface area contributed by atoms with Crippen molar-refractivity contribution in [1.82, 2.24) is 14.7 Å². The van der Waals surface area contributed by atoms with Crippen LogP contribution in [0.4, 0.5) is 0 Å². The molecule has 7 nitrogen and oxygen atoms in total. The fraction of sp³-hybridized carbons (Fsp3) is 0.154. The number of nitrogens with zero attached hydrogens (tertiary/aromatic N) is 2. The Kier molecular flexibility index (Phi) is 5.98. The number of aromatic nitrogens is 2. The second-order valence-electron chi connectivity index (χ2n) is 7.95. The van der Waals surface area contributed by atoms with Gasteiger partial charge in [0.15, 0.2) is 0 Å². The number of rotatable bonds is 6. The van der Waals surface area contributed by atoms with Gasteiger partial charge in [-0.1, -0.05) is 46.3 Å². The van der Waals surface area contributed by atoms with Crippen LogP contribution in [0.3, 0.4) is 0 Å². The second-order valence-corrected chi connectivity index (χ2v) is 8.87. The van der Waals surface area contributed by atoms with E-state index in [2.05, 4.69) is 21.2 Å². The lowest BCUT2D eigenvalue weighted by atomic mass is 10.0. The molecule has 8 heteroatoms. The smallest absolute Gasteiger partial charge is 0.278 e. The van der Waals surface area contributed by atoms with Gasteiger partial charge in [0.1, 0.15) is 18.0 Å². The molecule has 1 amide bonds. The third kappa shape index (κ3) is 4.24. The number of benzene rings is 3. The van der Waals surface area contributed by atoms with E-state index in [1.807, 2.05) is 72.8 Å². The lowest BCUT2D eigenvalue weighted by Crippen LogP contribution is -2.31. The van der Waals surface area contributed by atoms with Crippen LogP contribution >= 0.6 is 15.9 Å². The molecule has 0 atom stereocenters. The first-order valence-corrected chi connectivity index (χ1v) is 11.6. The Bertz CT molecular complexity index is 1430. The van der Waals surface area contributed by atoms with Gasteiger partial charge in [0.2, 0.25) is 11.8 Å². The molecule has 0 spiro atoms. The third-order valence-corrected chi connectivity index (χ3v) is 6.19. The number of hydrogen-bond donors (Lipinski definition) is 1. The highest BCUT2D eigenvalue weighted by Crippen LogP contribution is 2.37. The van der Waals surface area contributed by atoms with Gasteiger partial charge in [0.05, 0.1) is 18.4 Å². The maximum Gasteiger partial charge on any atom is 0.278 e. The van der Waals surface area contributed by atoms with E-state index in [0.29, 0.717) is 35.8 Å². The molecule has 2 heterocycles. The van der Waals surface area contributed by atoms with Gasteiger partial charge in [0.25, 0.3) is 5.56 Å². The van der Waals surface area contributed by atoms with Crippen LogP contribution in [0.25, 0.3) is 5.69 Å². The van der Waals surface area contributed by atoms with Crippen molar-refractivity contribution in [3.63, 3.8) is 0 Å². The summed E-state index contributed by atoms with van der Waals surface area (Å²) in [5, 5.41) is 2.93. The number of carbonyl (C=O) groups excluding carboxylic acids is 1. The maximum absolute atomic E-state index is 13.5. The summed E-state index contributed by atoms with van der Waals surface area (Å²) >= 11 is 3.48. The Balaban J connectivity index is 1.48. The number of nitrogens with one attached hydrogen (secondary N) is 1. The number of hydrogen-bond acceptors (Lipinski definition) is 4. The van der Waals surface area contributed by atoms with Crippen LogP contribution in [0.2, 0.25) is 0 Å². The van der Waals surface area contributed by atoms with Crippen LogP contribution in [-0.4, -0.2) is 22.4 Å². The molecule has 0 fully saturated rings. The molecule has 0 radical (unpaired) electrons. The number of carbonyl (C=O) groups is 1. The average molecular weight is 520 g/mol. The van der Waals surface area contributed by atoms with Gasteiger partial charge in [-0.25, -0.2) is 9.36 Å². The summed E-state index contributed by atoms with van der Waals surface area (Å²) in [6.45, 7) is 0.266. The lowest BCUT2D eigenvalue weighted by molar-refractivity contribution is -0.122. The third-order valence-electron chi connectivity index (χ3n) is 5.70. The predicted octanol–water partition coefficient (Wildman–Crippen LogP) is 4.42. The number of fused-ring (bicyclic) bond motifs is 2. The first-order valence-electron chi connectivity index (χ1n) is 10.8. The second kappa shape index (κ2) is 9.23. The van der Waals surface area contributed by atoms with Gasteiger partial charge < -0.3 is 14.8 Å². The summed E-state index contributed by atoms with van der Waals surface area (Å²) in [6.07, 6.45) is 0.425.